The number of carbonyl (C=O) groups is 1. The van der Waals surface area contributed by atoms with Gasteiger partial charge in [-0.05, 0) is 37.8 Å². The fourth-order valence-electron chi connectivity index (χ4n) is 2.89. The van der Waals surface area contributed by atoms with Gasteiger partial charge in [-0.1, -0.05) is 28.1 Å². The van der Waals surface area contributed by atoms with Gasteiger partial charge in [0.2, 0.25) is 0 Å². The maximum atomic E-state index is 12.3. The first-order valence-electron chi connectivity index (χ1n) is 7.16. The Morgan fingerprint density at radius 3 is 2.59 bits per heavy atom. The zero-order chi connectivity index (χ0) is 15.7. The van der Waals surface area contributed by atoms with Crippen LogP contribution < -0.4 is 5.56 Å². The van der Waals surface area contributed by atoms with Gasteiger partial charge < -0.3 is 9.67 Å². The quantitative estimate of drug-likeness (QED) is 0.910. The summed E-state index contributed by atoms with van der Waals surface area (Å²) in [4.78, 5) is 27.7. The molecule has 1 aliphatic carbocycles. The topological polar surface area (TPSA) is 72.2 Å². The molecule has 0 bridgehead atoms. The number of fused-ring (bicyclic) bond motifs is 1. The van der Waals surface area contributed by atoms with E-state index in [9.17, 15) is 14.7 Å². The fourth-order valence-corrected chi connectivity index (χ4v) is 3.16. The molecule has 22 heavy (non-hydrogen) atoms. The molecule has 0 aliphatic heterocycles. The number of aromatic nitrogens is 2. The van der Waals surface area contributed by atoms with Gasteiger partial charge in [0, 0.05) is 21.3 Å². The van der Waals surface area contributed by atoms with Crippen LogP contribution in [0.4, 0.5) is 0 Å². The largest absolute Gasteiger partial charge is 0.480 e. The molecule has 3 rings (SSSR count). The third-order valence-electron chi connectivity index (χ3n) is 3.88. The average Bonchev–Trinajstić information content (AvgIpc) is 2.51. The number of benzene rings is 1. The molecule has 0 saturated carbocycles. The van der Waals surface area contributed by atoms with E-state index in [1.807, 2.05) is 24.3 Å². The number of hydrogen-bond acceptors (Lipinski definition) is 3. The van der Waals surface area contributed by atoms with Crippen LogP contribution in [-0.4, -0.2) is 20.6 Å². The van der Waals surface area contributed by atoms with Crippen LogP contribution in [0.2, 0.25) is 0 Å². The van der Waals surface area contributed by atoms with E-state index in [1.165, 1.54) is 0 Å². The molecule has 0 fully saturated rings. The Labute approximate surface area is 135 Å². The number of rotatable bonds is 3. The first kappa shape index (κ1) is 15.0. The summed E-state index contributed by atoms with van der Waals surface area (Å²) in [7, 11) is 0. The zero-order valence-electron chi connectivity index (χ0n) is 11.9. The average molecular weight is 363 g/mol. The second kappa shape index (κ2) is 6.04. The van der Waals surface area contributed by atoms with Crippen LogP contribution in [0.15, 0.2) is 33.5 Å². The first-order chi connectivity index (χ1) is 10.6. The van der Waals surface area contributed by atoms with Gasteiger partial charge in [0.05, 0.1) is 0 Å². The normalized spacial score (nSPS) is 13.7. The molecule has 0 unspecified atom stereocenters. The highest BCUT2D eigenvalue weighted by Gasteiger charge is 2.21. The van der Waals surface area contributed by atoms with E-state index in [-0.39, 0.29) is 12.1 Å². The summed E-state index contributed by atoms with van der Waals surface area (Å²) in [6.07, 6.45) is 3.33. The van der Waals surface area contributed by atoms with Crippen molar-refractivity contribution in [3.63, 3.8) is 0 Å². The van der Waals surface area contributed by atoms with Crippen molar-refractivity contribution in [3.8, 4) is 11.4 Å². The van der Waals surface area contributed by atoms with Gasteiger partial charge in [0.1, 0.15) is 12.4 Å². The molecular weight excluding hydrogens is 348 g/mol. The number of hydrogen-bond donors (Lipinski definition) is 1. The van der Waals surface area contributed by atoms with Crippen LogP contribution in [0.3, 0.4) is 0 Å². The van der Waals surface area contributed by atoms with Crippen molar-refractivity contribution in [2.24, 2.45) is 0 Å². The van der Waals surface area contributed by atoms with E-state index in [2.05, 4.69) is 20.9 Å². The zero-order valence-corrected chi connectivity index (χ0v) is 13.5. The van der Waals surface area contributed by atoms with E-state index < -0.39 is 5.97 Å². The Bertz CT molecular complexity index is 781. The Balaban J connectivity index is 2.24. The predicted molar refractivity (Wildman–Crippen MR) is 85.9 cm³/mol. The van der Waals surface area contributed by atoms with E-state index in [0.29, 0.717) is 17.8 Å². The second-order valence-corrected chi connectivity index (χ2v) is 6.28. The van der Waals surface area contributed by atoms with Gasteiger partial charge in [-0.2, -0.15) is 4.98 Å². The maximum Gasteiger partial charge on any atom is 0.323 e. The van der Waals surface area contributed by atoms with Crippen molar-refractivity contribution in [2.45, 2.75) is 32.2 Å². The number of nitrogens with zero attached hydrogens (tertiary/aromatic N) is 2. The van der Waals surface area contributed by atoms with Crippen molar-refractivity contribution in [2.75, 3.05) is 0 Å². The van der Waals surface area contributed by atoms with Crippen LogP contribution in [-0.2, 0) is 24.2 Å². The molecule has 5 nitrogen and oxygen atoms in total. The maximum absolute atomic E-state index is 12.3. The van der Waals surface area contributed by atoms with Crippen LogP contribution >= 0.6 is 15.9 Å². The molecule has 1 aromatic carbocycles. The molecule has 0 saturated heterocycles. The summed E-state index contributed by atoms with van der Waals surface area (Å²) in [6.45, 7) is -0.180. The van der Waals surface area contributed by atoms with Crippen LogP contribution in [0.25, 0.3) is 11.4 Å². The van der Waals surface area contributed by atoms with Crippen LogP contribution in [0.1, 0.15) is 24.1 Å². The Morgan fingerprint density at radius 1 is 1.23 bits per heavy atom. The second-order valence-electron chi connectivity index (χ2n) is 5.36. The van der Waals surface area contributed by atoms with Crippen molar-refractivity contribution < 1.29 is 9.90 Å². The van der Waals surface area contributed by atoms with Crippen LogP contribution in [0, 0.1) is 0 Å². The molecule has 0 atom stereocenters. The summed E-state index contributed by atoms with van der Waals surface area (Å²) in [5, 5.41) is 9.22. The minimum atomic E-state index is -0.934. The minimum Gasteiger partial charge on any atom is -0.480 e. The van der Waals surface area contributed by atoms with E-state index >= 15 is 0 Å². The highest BCUT2D eigenvalue weighted by atomic mass is 79.9. The molecule has 1 aromatic heterocycles. The lowest BCUT2D eigenvalue weighted by atomic mass is 9.96. The highest BCUT2D eigenvalue weighted by molar-refractivity contribution is 9.10. The van der Waals surface area contributed by atoms with E-state index in [1.54, 1.807) is 4.57 Å². The highest BCUT2D eigenvalue weighted by Crippen LogP contribution is 2.25. The summed E-state index contributed by atoms with van der Waals surface area (Å²) in [5.41, 5.74) is 2.02. The first-order valence-corrected chi connectivity index (χ1v) is 7.96. The third kappa shape index (κ3) is 2.83. The summed E-state index contributed by atoms with van der Waals surface area (Å²) >= 11 is 3.37. The molecule has 1 heterocycles. The molecule has 1 N–H and O–H groups in total. The SMILES string of the molecule is O=C(O)Cn1c(-c2ccc(Br)cc2)nc(=O)c2c1CCCC2. The lowest BCUT2D eigenvalue weighted by molar-refractivity contribution is -0.137. The Hall–Kier alpha value is -1.95. The van der Waals surface area contributed by atoms with Crippen molar-refractivity contribution in [1.82, 2.24) is 9.55 Å². The van der Waals surface area contributed by atoms with Crippen molar-refractivity contribution >= 4 is 21.9 Å². The Morgan fingerprint density at radius 2 is 1.91 bits per heavy atom. The Kier molecular flexibility index (Phi) is 4.11. The molecule has 0 spiro atoms. The molecule has 1 aliphatic rings. The minimum absolute atomic E-state index is 0.180. The van der Waals surface area contributed by atoms with Gasteiger partial charge in [0.25, 0.3) is 5.56 Å². The summed E-state index contributed by atoms with van der Waals surface area (Å²) in [6, 6.07) is 7.37. The number of aliphatic carboxylic acids is 1. The van der Waals surface area contributed by atoms with Crippen molar-refractivity contribution in [1.29, 1.82) is 0 Å². The van der Waals surface area contributed by atoms with Crippen molar-refractivity contribution in [3.05, 3.63) is 50.3 Å². The lowest BCUT2D eigenvalue weighted by Crippen LogP contribution is -2.28. The molecule has 114 valence electrons. The molecule has 0 amide bonds. The number of carboxylic acid groups (broad SMARTS) is 1. The van der Waals surface area contributed by atoms with Crippen LogP contribution in [0.5, 0.6) is 0 Å². The van der Waals surface area contributed by atoms with Gasteiger partial charge in [0.15, 0.2) is 0 Å². The monoisotopic (exact) mass is 362 g/mol. The fraction of sp³-hybridized carbons (Fsp3) is 0.312. The van der Waals surface area contributed by atoms with Gasteiger partial charge in [-0.25, -0.2) is 0 Å². The molecule has 2 aromatic rings. The lowest BCUT2D eigenvalue weighted by Gasteiger charge is -2.22. The summed E-state index contributed by atoms with van der Waals surface area (Å²) in [5.74, 6) is -0.503. The molecule has 0 radical (unpaired) electrons. The smallest absolute Gasteiger partial charge is 0.323 e. The van der Waals surface area contributed by atoms with Gasteiger partial charge in [-0.3, -0.25) is 9.59 Å². The number of carboxylic acids is 1. The third-order valence-corrected chi connectivity index (χ3v) is 4.41. The standard InChI is InChI=1S/C16H15BrN2O3/c17-11-7-5-10(6-8-11)15-18-16(22)12-3-1-2-4-13(12)19(15)9-14(20)21/h5-8H,1-4,9H2,(H,20,21). The van der Waals surface area contributed by atoms with E-state index in [0.717, 1.165) is 35.0 Å². The van der Waals surface area contributed by atoms with E-state index in [4.69, 9.17) is 0 Å². The van der Waals surface area contributed by atoms with Gasteiger partial charge in [-0.15, -0.1) is 0 Å². The molecular formula is C16H15BrN2O3. The summed E-state index contributed by atoms with van der Waals surface area (Å²) < 4.78 is 2.60. The van der Waals surface area contributed by atoms with Gasteiger partial charge >= 0.3 is 5.97 Å². The molecule has 6 heteroatoms. The predicted octanol–water partition coefficient (Wildman–Crippen LogP) is 2.64. The number of halogens is 1.